The van der Waals surface area contributed by atoms with Crippen LogP contribution < -0.4 is 15.5 Å². The van der Waals surface area contributed by atoms with Crippen LogP contribution in [0, 0.1) is 0 Å². The van der Waals surface area contributed by atoms with Crippen LogP contribution in [-0.4, -0.2) is 37.1 Å². The van der Waals surface area contributed by atoms with Crippen LogP contribution in [0.1, 0.15) is 11.3 Å². The Morgan fingerprint density at radius 2 is 1.71 bits per heavy atom. The Morgan fingerprint density at radius 3 is 2.48 bits per heavy atom. The van der Waals surface area contributed by atoms with E-state index < -0.39 is 0 Å². The van der Waals surface area contributed by atoms with E-state index in [0.717, 1.165) is 33.5 Å². The van der Waals surface area contributed by atoms with Crippen LogP contribution in [0.5, 0.6) is 0 Å². The molecule has 158 valence electrons. The number of hydrogen-bond acceptors (Lipinski definition) is 5. The number of nitrogens with zero attached hydrogens (tertiary/aromatic N) is 4. The van der Waals surface area contributed by atoms with Crippen LogP contribution in [0.15, 0.2) is 76.3 Å². The van der Waals surface area contributed by atoms with E-state index in [4.69, 9.17) is 9.40 Å². The minimum Gasteiger partial charge on any atom is -0.444 e. The van der Waals surface area contributed by atoms with Crippen molar-refractivity contribution in [2.24, 2.45) is 4.99 Å². The molecule has 0 saturated heterocycles. The van der Waals surface area contributed by atoms with Crippen molar-refractivity contribution in [3.63, 3.8) is 0 Å². The van der Waals surface area contributed by atoms with E-state index in [9.17, 15) is 0 Å². The number of oxazole rings is 1. The molecule has 0 spiro atoms. The lowest BCUT2D eigenvalue weighted by Crippen LogP contribution is -2.36. The van der Waals surface area contributed by atoms with Crippen molar-refractivity contribution in [1.82, 2.24) is 20.6 Å². The second-order valence-electron chi connectivity index (χ2n) is 7.34. The Morgan fingerprint density at radius 1 is 0.968 bits per heavy atom. The number of nitrogens with one attached hydrogen (secondary N) is 2. The molecule has 0 aliphatic rings. The Balaban J connectivity index is 1.42. The molecule has 4 rings (SSSR count). The zero-order chi connectivity index (χ0) is 21.6. The van der Waals surface area contributed by atoms with Gasteiger partial charge in [0.25, 0.3) is 0 Å². The maximum Gasteiger partial charge on any atom is 0.226 e. The molecule has 2 aromatic carbocycles. The topological polar surface area (TPSA) is 78.6 Å². The van der Waals surface area contributed by atoms with E-state index in [2.05, 4.69) is 32.7 Å². The molecule has 2 heterocycles. The molecule has 0 unspecified atom stereocenters. The third-order valence-electron chi connectivity index (χ3n) is 4.93. The Bertz CT molecular complexity index is 1180. The normalized spacial score (nSPS) is 11.5. The van der Waals surface area contributed by atoms with Crippen LogP contribution in [-0.2, 0) is 13.1 Å². The summed E-state index contributed by atoms with van der Waals surface area (Å²) in [7, 11) is 5.75. The first kappa shape index (κ1) is 20.4. The summed E-state index contributed by atoms with van der Waals surface area (Å²) in [6, 6.07) is 20.1. The Kier molecular flexibility index (Phi) is 6.12. The molecule has 0 bridgehead atoms. The number of aromatic nitrogens is 2. The van der Waals surface area contributed by atoms with Crippen molar-refractivity contribution in [1.29, 1.82) is 0 Å². The van der Waals surface area contributed by atoms with E-state index in [1.165, 1.54) is 0 Å². The van der Waals surface area contributed by atoms with Gasteiger partial charge in [0.1, 0.15) is 12.1 Å². The molecule has 2 aromatic heterocycles. The van der Waals surface area contributed by atoms with E-state index in [-0.39, 0.29) is 0 Å². The van der Waals surface area contributed by atoms with E-state index >= 15 is 0 Å². The summed E-state index contributed by atoms with van der Waals surface area (Å²) >= 11 is 0. The average Bonchev–Trinajstić information content (AvgIpc) is 3.28. The smallest absolute Gasteiger partial charge is 0.226 e. The number of guanidine groups is 1. The van der Waals surface area contributed by atoms with Gasteiger partial charge in [-0.2, -0.15) is 0 Å². The molecule has 31 heavy (non-hydrogen) atoms. The minimum atomic E-state index is 0.510. The van der Waals surface area contributed by atoms with Crippen LogP contribution in [0.2, 0.25) is 0 Å². The van der Waals surface area contributed by atoms with Crippen molar-refractivity contribution in [2.45, 2.75) is 13.1 Å². The summed E-state index contributed by atoms with van der Waals surface area (Å²) in [5.41, 5.74) is 3.90. The number of para-hydroxylation sites is 1. The molecule has 0 aliphatic heterocycles. The van der Waals surface area contributed by atoms with Crippen LogP contribution >= 0.6 is 0 Å². The highest BCUT2D eigenvalue weighted by Crippen LogP contribution is 2.22. The summed E-state index contributed by atoms with van der Waals surface area (Å²) in [5, 5.41) is 7.81. The lowest BCUT2D eigenvalue weighted by molar-refractivity contribution is 0.572. The second-order valence-corrected chi connectivity index (χ2v) is 7.34. The van der Waals surface area contributed by atoms with Gasteiger partial charge in [0.15, 0.2) is 5.96 Å². The first-order chi connectivity index (χ1) is 15.1. The molecular weight excluding hydrogens is 388 g/mol. The van der Waals surface area contributed by atoms with Gasteiger partial charge in [-0.3, -0.25) is 4.99 Å². The van der Waals surface area contributed by atoms with Crippen LogP contribution in [0.3, 0.4) is 0 Å². The zero-order valence-electron chi connectivity index (χ0n) is 18.0. The number of benzene rings is 2. The summed E-state index contributed by atoms with van der Waals surface area (Å²) in [5.74, 6) is 2.23. The molecule has 4 aromatic rings. The molecule has 0 saturated carbocycles. The Hall–Kier alpha value is -3.87. The number of pyridine rings is 1. The van der Waals surface area contributed by atoms with Crippen molar-refractivity contribution < 1.29 is 4.42 Å². The van der Waals surface area contributed by atoms with E-state index in [1.54, 1.807) is 13.3 Å². The van der Waals surface area contributed by atoms with E-state index in [1.807, 2.05) is 67.5 Å². The fourth-order valence-electron chi connectivity index (χ4n) is 3.28. The summed E-state index contributed by atoms with van der Waals surface area (Å²) in [4.78, 5) is 15.6. The standard InChI is InChI=1S/C24H26N6O/c1-25-24(27-15-19-16-31-23(28-19)17-9-5-4-6-10-17)26-14-18-13-22(30(2)3)29-21-12-8-7-11-20(18)21/h4-13,16H,14-15H2,1-3H3,(H2,25,26,27). The van der Waals surface area contributed by atoms with Gasteiger partial charge in [-0.1, -0.05) is 36.4 Å². The lowest BCUT2D eigenvalue weighted by Gasteiger charge is -2.16. The Labute approximate surface area is 181 Å². The van der Waals surface area contributed by atoms with Gasteiger partial charge >= 0.3 is 0 Å². The van der Waals surface area contributed by atoms with Crippen molar-refractivity contribution in [2.75, 3.05) is 26.0 Å². The molecule has 7 heteroatoms. The summed E-state index contributed by atoms with van der Waals surface area (Å²) < 4.78 is 5.61. The zero-order valence-corrected chi connectivity index (χ0v) is 18.0. The maximum absolute atomic E-state index is 5.61. The molecule has 0 aliphatic carbocycles. The third-order valence-corrected chi connectivity index (χ3v) is 4.93. The predicted octanol–water partition coefficient (Wildman–Crippen LogP) is 3.82. The van der Waals surface area contributed by atoms with Crippen molar-refractivity contribution >= 4 is 22.7 Å². The number of fused-ring (bicyclic) bond motifs is 1. The van der Waals surface area contributed by atoms with Gasteiger partial charge in [0.2, 0.25) is 5.89 Å². The fourth-order valence-corrected chi connectivity index (χ4v) is 3.28. The fraction of sp³-hybridized carbons (Fsp3) is 0.208. The third kappa shape index (κ3) is 4.83. The van der Waals surface area contributed by atoms with Crippen LogP contribution in [0.4, 0.5) is 5.82 Å². The van der Waals surface area contributed by atoms with Gasteiger partial charge in [-0.25, -0.2) is 9.97 Å². The largest absolute Gasteiger partial charge is 0.444 e. The lowest BCUT2D eigenvalue weighted by atomic mass is 10.1. The minimum absolute atomic E-state index is 0.510. The van der Waals surface area contributed by atoms with Crippen molar-refractivity contribution in [3.05, 3.63) is 78.2 Å². The number of aliphatic imine (C=N–C) groups is 1. The van der Waals surface area contributed by atoms with Crippen molar-refractivity contribution in [3.8, 4) is 11.5 Å². The molecule has 7 nitrogen and oxygen atoms in total. The van der Waals surface area contributed by atoms with Crippen LogP contribution in [0.25, 0.3) is 22.4 Å². The quantitative estimate of drug-likeness (QED) is 0.369. The molecule has 0 amide bonds. The highest BCUT2D eigenvalue weighted by atomic mass is 16.3. The van der Waals surface area contributed by atoms with Gasteiger partial charge in [0.05, 0.1) is 17.8 Å². The number of hydrogen-bond donors (Lipinski definition) is 2. The molecule has 0 atom stereocenters. The van der Waals surface area contributed by atoms with Gasteiger partial charge in [-0.15, -0.1) is 0 Å². The van der Waals surface area contributed by atoms with E-state index in [0.29, 0.717) is 24.9 Å². The average molecular weight is 415 g/mol. The monoisotopic (exact) mass is 414 g/mol. The molecular formula is C24H26N6O. The highest BCUT2D eigenvalue weighted by molar-refractivity contribution is 5.85. The first-order valence-corrected chi connectivity index (χ1v) is 10.1. The number of anilines is 1. The van der Waals surface area contributed by atoms with Gasteiger partial charge in [-0.05, 0) is 29.8 Å². The summed E-state index contributed by atoms with van der Waals surface area (Å²) in [6.45, 7) is 1.13. The maximum atomic E-state index is 5.61. The molecule has 0 fully saturated rings. The second kappa shape index (κ2) is 9.30. The SMILES string of the molecule is CN=C(NCc1coc(-c2ccccc2)n1)NCc1cc(N(C)C)nc2ccccc12. The molecule has 2 N–H and O–H groups in total. The highest BCUT2D eigenvalue weighted by Gasteiger charge is 2.09. The number of rotatable bonds is 6. The van der Waals surface area contributed by atoms with Gasteiger partial charge < -0.3 is 20.0 Å². The molecule has 0 radical (unpaired) electrons. The predicted molar refractivity (Wildman–Crippen MR) is 125 cm³/mol. The van der Waals surface area contributed by atoms with Gasteiger partial charge in [0, 0.05) is 38.6 Å². The summed E-state index contributed by atoms with van der Waals surface area (Å²) in [6.07, 6.45) is 1.67. The first-order valence-electron chi connectivity index (χ1n) is 10.1.